The third-order valence-electron chi connectivity index (χ3n) is 6.08. The van der Waals surface area contributed by atoms with Crippen LogP contribution in [0.15, 0.2) is 51.7 Å². The van der Waals surface area contributed by atoms with Crippen molar-refractivity contribution in [3.05, 3.63) is 69.6 Å². The fourth-order valence-electron chi connectivity index (χ4n) is 4.30. The number of benzene rings is 2. The van der Waals surface area contributed by atoms with E-state index >= 15 is 0 Å². The lowest BCUT2D eigenvalue weighted by atomic mass is 9.98. The molecule has 0 N–H and O–H groups in total. The van der Waals surface area contributed by atoms with Gasteiger partial charge >= 0.3 is 0 Å². The van der Waals surface area contributed by atoms with E-state index in [1.54, 1.807) is 43.4 Å². The van der Waals surface area contributed by atoms with Crippen molar-refractivity contribution >= 4 is 16.9 Å². The molecule has 1 aliphatic rings. The fourth-order valence-corrected chi connectivity index (χ4v) is 4.30. The lowest BCUT2D eigenvalue weighted by molar-refractivity contribution is 0.0707. The van der Waals surface area contributed by atoms with Gasteiger partial charge in [0.15, 0.2) is 16.9 Å². The Labute approximate surface area is 199 Å². The van der Waals surface area contributed by atoms with E-state index in [-0.39, 0.29) is 17.1 Å². The van der Waals surface area contributed by atoms with Crippen molar-refractivity contribution in [1.29, 1.82) is 0 Å². The summed E-state index contributed by atoms with van der Waals surface area (Å²) in [7, 11) is 3.21. The molecule has 3 aromatic rings. The molecule has 1 atom stereocenters. The molecule has 0 saturated carbocycles. The molecule has 0 unspecified atom stereocenters. The van der Waals surface area contributed by atoms with E-state index in [1.807, 2.05) is 18.2 Å². The van der Waals surface area contributed by atoms with Crippen molar-refractivity contribution in [3.63, 3.8) is 0 Å². The minimum Gasteiger partial charge on any atom is -0.493 e. The van der Waals surface area contributed by atoms with Crippen LogP contribution in [0, 0.1) is 5.92 Å². The first-order chi connectivity index (χ1) is 16.5. The van der Waals surface area contributed by atoms with Gasteiger partial charge in [-0.15, -0.1) is 0 Å². The molecule has 1 amide bonds. The molecule has 0 aliphatic carbocycles. The highest BCUT2D eigenvalue weighted by molar-refractivity contribution is 5.99. The van der Waals surface area contributed by atoms with Gasteiger partial charge in [-0.25, -0.2) is 0 Å². The standard InChI is InChI=1S/C27H31NO6/c1-17(2)12-15-33-21-11-10-18(16-22(21)32-4)24-23-25(29)19-8-5-6-9-20(19)34-26(23)27(30)28(24)13-7-14-31-3/h5-6,8-11,16-17,24H,7,12-15H2,1-4H3/t24-/m0/s1. The first kappa shape index (κ1) is 23.8. The number of methoxy groups -OCH3 is 2. The summed E-state index contributed by atoms with van der Waals surface area (Å²) in [6.07, 6.45) is 1.56. The molecule has 7 heteroatoms. The molecular weight excluding hydrogens is 434 g/mol. The zero-order valence-electron chi connectivity index (χ0n) is 20.1. The molecule has 0 fully saturated rings. The lowest BCUT2D eigenvalue weighted by Crippen LogP contribution is -2.31. The summed E-state index contributed by atoms with van der Waals surface area (Å²) >= 11 is 0. The molecule has 0 saturated heterocycles. The predicted octanol–water partition coefficient (Wildman–Crippen LogP) is 4.81. The van der Waals surface area contributed by atoms with E-state index in [2.05, 4.69) is 13.8 Å². The third-order valence-corrected chi connectivity index (χ3v) is 6.08. The highest BCUT2D eigenvalue weighted by Crippen LogP contribution is 2.41. The van der Waals surface area contributed by atoms with Crippen molar-refractivity contribution in [1.82, 2.24) is 4.90 Å². The van der Waals surface area contributed by atoms with Crippen molar-refractivity contribution in [2.24, 2.45) is 5.92 Å². The summed E-state index contributed by atoms with van der Waals surface area (Å²) in [4.78, 5) is 28.6. The Bertz CT molecular complexity index is 1230. The maximum atomic E-state index is 13.5. The summed E-state index contributed by atoms with van der Waals surface area (Å²) in [5.74, 6) is 1.52. The molecule has 1 aliphatic heterocycles. The van der Waals surface area contributed by atoms with Crippen molar-refractivity contribution in [3.8, 4) is 11.5 Å². The quantitative estimate of drug-likeness (QED) is 0.400. The van der Waals surface area contributed by atoms with E-state index < -0.39 is 6.04 Å². The monoisotopic (exact) mass is 465 g/mol. The summed E-state index contributed by atoms with van der Waals surface area (Å²) in [5.41, 5.74) is 1.33. The van der Waals surface area contributed by atoms with E-state index in [0.29, 0.717) is 60.1 Å². The zero-order chi connectivity index (χ0) is 24.2. The topological polar surface area (TPSA) is 78.2 Å². The van der Waals surface area contributed by atoms with Gasteiger partial charge in [0.05, 0.1) is 30.7 Å². The normalized spacial score (nSPS) is 15.3. The Morgan fingerprint density at radius 3 is 2.56 bits per heavy atom. The predicted molar refractivity (Wildman–Crippen MR) is 130 cm³/mol. The van der Waals surface area contributed by atoms with Gasteiger partial charge in [-0.1, -0.05) is 32.0 Å². The van der Waals surface area contributed by atoms with Crippen LogP contribution in [-0.4, -0.2) is 44.8 Å². The number of rotatable bonds is 10. The molecule has 0 spiro atoms. The van der Waals surface area contributed by atoms with Crippen LogP contribution in [0.3, 0.4) is 0 Å². The second-order valence-electron chi connectivity index (χ2n) is 8.86. The Hall–Kier alpha value is -3.32. The van der Waals surface area contributed by atoms with E-state index in [0.717, 1.165) is 12.0 Å². The molecule has 2 heterocycles. The van der Waals surface area contributed by atoms with Gasteiger partial charge in [0.1, 0.15) is 5.58 Å². The fraction of sp³-hybridized carbons (Fsp3) is 0.407. The second-order valence-corrected chi connectivity index (χ2v) is 8.86. The average Bonchev–Trinajstić information content (AvgIpc) is 3.11. The van der Waals surface area contributed by atoms with Crippen LogP contribution in [0.5, 0.6) is 11.5 Å². The van der Waals surface area contributed by atoms with E-state index in [1.165, 1.54) is 0 Å². The average molecular weight is 466 g/mol. The first-order valence-electron chi connectivity index (χ1n) is 11.6. The second kappa shape index (κ2) is 10.3. The number of nitrogens with zero attached hydrogens (tertiary/aromatic N) is 1. The van der Waals surface area contributed by atoms with Crippen molar-refractivity contribution < 1.29 is 23.4 Å². The van der Waals surface area contributed by atoms with Gasteiger partial charge in [-0.3, -0.25) is 9.59 Å². The number of hydrogen-bond donors (Lipinski definition) is 0. The Kier molecular flexibility index (Phi) is 7.22. The van der Waals surface area contributed by atoms with Gasteiger partial charge in [0, 0.05) is 20.3 Å². The summed E-state index contributed by atoms with van der Waals surface area (Å²) in [6.45, 7) is 5.79. The van der Waals surface area contributed by atoms with Crippen LogP contribution >= 0.6 is 0 Å². The van der Waals surface area contributed by atoms with Crippen LogP contribution in [-0.2, 0) is 4.74 Å². The number of para-hydroxylation sites is 1. The first-order valence-corrected chi connectivity index (χ1v) is 11.6. The summed E-state index contributed by atoms with van der Waals surface area (Å²) < 4.78 is 22.7. The molecule has 2 aromatic carbocycles. The SMILES string of the molecule is COCCCN1C(=O)c2oc3ccccc3c(=O)c2[C@@H]1c1ccc(OCCC(C)C)c(OC)c1. The van der Waals surface area contributed by atoms with Crippen LogP contribution in [0.1, 0.15) is 54.4 Å². The molecule has 0 radical (unpaired) electrons. The highest BCUT2D eigenvalue weighted by atomic mass is 16.5. The molecule has 0 bridgehead atoms. The number of amides is 1. The molecule has 34 heavy (non-hydrogen) atoms. The van der Waals surface area contributed by atoms with Crippen molar-refractivity contribution in [2.75, 3.05) is 34.0 Å². The number of carbonyl (C=O) groups excluding carboxylic acids is 1. The molecule has 180 valence electrons. The van der Waals surface area contributed by atoms with Crippen LogP contribution in [0.4, 0.5) is 0 Å². The van der Waals surface area contributed by atoms with E-state index in [4.69, 9.17) is 18.6 Å². The summed E-state index contributed by atoms with van der Waals surface area (Å²) in [5, 5.41) is 0.457. The van der Waals surface area contributed by atoms with Gasteiger partial charge in [-0.05, 0) is 48.6 Å². The number of carbonyl (C=O) groups is 1. The van der Waals surface area contributed by atoms with E-state index in [9.17, 15) is 9.59 Å². The van der Waals surface area contributed by atoms with Gasteiger partial charge in [0.2, 0.25) is 5.76 Å². The minimum absolute atomic E-state index is 0.0994. The van der Waals surface area contributed by atoms with Crippen molar-refractivity contribution in [2.45, 2.75) is 32.7 Å². The number of hydrogen-bond acceptors (Lipinski definition) is 6. The minimum atomic E-state index is -0.584. The Morgan fingerprint density at radius 1 is 1.03 bits per heavy atom. The zero-order valence-corrected chi connectivity index (χ0v) is 20.1. The Balaban J connectivity index is 1.79. The van der Waals surface area contributed by atoms with Gasteiger partial charge in [-0.2, -0.15) is 0 Å². The Morgan fingerprint density at radius 2 is 1.82 bits per heavy atom. The summed E-state index contributed by atoms with van der Waals surface area (Å²) in [6, 6.07) is 12.0. The maximum absolute atomic E-state index is 13.5. The molecular formula is C27H31NO6. The van der Waals surface area contributed by atoms with Crippen LogP contribution < -0.4 is 14.9 Å². The van der Waals surface area contributed by atoms with Crippen LogP contribution in [0.25, 0.3) is 11.0 Å². The molecule has 7 nitrogen and oxygen atoms in total. The third kappa shape index (κ3) is 4.53. The molecule has 1 aromatic heterocycles. The van der Waals surface area contributed by atoms with Gasteiger partial charge in [0.25, 0.3) is 5.91 Å². The maximum Gasteiger partial charge on any atom is 0.290 e. The lowest BCUT2D eigenvalue weighted by Gasteiger charge is -2.25. The van der Waals surface area contributed by atoms with Crippen LogP contribution in [0.2, 0.25) is 0 Å². The largest absolute Gasteiger partial charge is 0.493 e. The number of fused-ring (bicyclic) bond motifs is 2. The molecule has 4 rings (SSSR count). The smallest absolute Gasteiger partial charge is 0.290 e. The highest BCUT2D eigenvalue weighted by Gasteiger charge is 2.42. The van der Waals surface area contributed by atoms with Gasteiger partial charge < -0.3 is 23.5 Å². The number of ether oxygens (including phenoxy) is 3.